The minimum absolute atomic E-state index is 0.110. The van der Waals surface area contributed by atoms with Gasteiger partial charge in [-0.15, -0.1) is 0 Å². The lowest BCUT2D eigenvalue weighted by Gasteiger charge is -2.22. The average Bonchev–Trinajstić information content (AvgIpc) is 2.51. The molecule has 0 aromatic heterocycles. The van der Waals surface area contributed by atoms with Gasteiger partial charge in [0.25, 0.3) is 0 Å². The SMILES string of the molecule is C=CC(F)(CCCCCC)Cc1ccc(C(=O)C(C)(C)C)cc1. The summed E-state index contributed by atoms with van der Waals surface area (Å²) in [4.78, 5) is 12.2. The molecule has 0 spiro atoms. The number of Topliss-reactive ketones (excluding diaryl/α,β-unsaturated/α-hetero) is 1. The second-order valence-corrected chi connectivity index (χ2v) is 7.50. The number of hydrogen-bond acceptors (Lipinski definition) is 1. The summed E-state index contributed by atoms with van der Waals surface area (Å²) in [5, 5.41) is 0. The van der Waals surface area contributed by atoms with Crippen LogP contribution in [-0.4, -0.2) is 11.5 Å². The topological polar surface area (TPSA) is 17.1 Å². The molecule has 1 nitrogen and oxygen atoms in total. The summed E-state index contributed by atoms with van der Waals surface area (Å²) in [6, 6.07) is 7.35. The van der Waals surface area contributed by atoms with E-state index in [1.165, 1.54) is 6.08 Å². The Morgan fingerprint density at radius 1 is 1.13 bits per heavy atom. The first-order valence-electron chi connectivity index (χ1n) is 8.68. The Labute approximate surface area is 141 Å². The summed E-state index contributed by atoms with van der Waals surface area (Å²) in [6.07, 6.45) is 6.53. The van der Waals surface area contributed by atoms with Gasteiger partial charge < -0.3 is 0 Å². The zero-order valence-corrected chi connectivity index (χ0v) is 15.1. The van der Waals surface area contributed by atoms with Crippen molar-refractivity contribution in [2.75, 3.05) is 0 Å². The fourth-order valence-electron chi connectivity index (χ4n) is 2.65. The number of alkyl halides is 1. The fraction of sp³-hybridized carbons (Fsp3) is 0.571. The minimum Gasteiger partial charge on any atom is -0.294 e. The first kappa shape index (κ1) is 19.6. The van der Waals surface area contributed by atoms with Gasteiger partial charge in [-0.1, -0.05) is 83.9 Å². The van der Waals surface area contributed by atoms with Crippen LogP contribution in [0, 0.1) is 5.41 Å². The van der Waals surface area contributed by atoms with Crippen LogP contribution in [0.15, 0.2) is 36.9 Å². The molecular weight excluding hydrogens is 287 g/mol. The first-order valence-corrected chi connectivity index (χ1v) is 8.68. The Balaban J connectivity index is 2.72. The van der Waals surface area contributed by atoms with E-state index in [1.54, 1.807) is 0 Å². The van der Waals surface area contributed by atoms with Crippen molar-refractivity contribution < 1.29 is 9.18 Å². The lowest BCUT2D eigenvalue weighted by Crippen LogP contribution is -2.23. The molecule has 0 aliphatic carbocycles. The molecule has 1 aromatic rings. The van der Waals surface area contributed by atoms with Crippen molar-refractivity contribution in [3.63, 3.8) is 0 Å². The standard InChI is InChI=1S/C21H31FO/c1-6-8-9-10-15-21(22,7-2)16-17-11-13-18(14-12-17)19(23)20(3,4)5/h7,11-14H,2,6,8-10,15-16H2,1,3-5H3. The Morgan fingerprint density at radius 3 is 2.22 bits per heavy atom. The molecule has 0 heterocycles. The van der Waals surface area contributed by atoms with Crippen LogP contribution in [-0.2, 0) is 6.42 Å². The van der Waals surface area contributed by atoms with E-state index in [4.69, 9.17) is 0 Å². The molecule has 0 radical (unpaired) electrons. The molecule has 0 aliphatic rings. The second-order valence-electron chi connectivity index (χ2n) is 7.50. The van der Waals surface area contributed by atoms with Crippen LogP contribution in [0.1, 0.15) is 75.7 Å². The van der Waals surface area contributed by atoms with Crippen molar-refractivity contribution in [2.24, 2.45) is 5.41 Å². The number of allylic oxidation sites excluding steroid dienone is 1. The molecule has 0 aliphatic heterocycles. The monoisotopic (exact) mass is 318 g/mol. The molecule has 0 N–H and O–H groups in total. The summed E-state index contributed by atoms with van der Waals surface area (Å²) in [5.41, 5.74) is -0.157. The number of unbranched alkanes of at least 4 members (excludes halogenated alkanes) is 3. The maximum Gasteiger partial charge on any atom is 0.168 e. The van der Waals surface area contributed by atoms with Gasteiger partial charge in [0.15, 0.2) is 5.78 Å². The van der Waals surface area contributed by atoms with Gasteiger partial charge >= 0.3 is 0 Å². The zero-order valence-electron chi connectivity index (χ0n) is 15.1. The van der Waals surface area contributed by atoms with Crippen LogP contribution in [0.4, 0.5) is 4.39 Å². The summed E-state index contributed by atoms with van der Waals surface area (Å²) in [5.74, 6) is 0.110. The predicted molar refractivity (Wildman–Crippen MR) is 96.7 cm³/mol. The molecule has 0 saturated carbocycles. The van der Waals surface area contributed by atoms with E-state index in [1.807, 2.05) is 45.0 Å². The largest absolute Gasteiger partial charge is 0.294 e. The molecule has 23 heavy (non-hydrogen) atoms. The maximum absolute atomic E-state index is 14.9. The van der Waals surface area contributed by atoms with E-state index < -0.39 is 11.1 Å². The van der Waals surface area contributed by atoms with Crippen LogP contribution < -0.4 is 0 Å². The molecule has 0 fully saturated rings. The maximum atomic E-state index is 14.9. The molecule has 1 rings (SSSR count). The lowest BCUT2D eigenvalue weighted by atomic mass is 9.85. The van der Waals surface area contributed by atoms with Gasteiger partial charge in [0.1, 0.15) is 5.67 Å². The van der Waals surface area contributed by atoms with E-state index in [2.05, 4.69) is 13.5 Å². The molecule has 0 amide bonds. The molecule has 1 atom stereocenters. The summed E-state index contributed by atoms with van der Waals surface area (Å²) < 4.78 is 14.9. The lowest BCUT2D eigenvalue weighted by molar-refractivity contribution is 0.0858. The van der Waals surface area contributed by atoms with E-state index in [9.17, 15) is 9.18 Å². The van der Waals surface area contributed by atoms with Gasteiger partial charge in [0.05, 0.1) is 0 Å². The summed E-state index contributed by atoms with van der Waals surface area (Å²) >= 11 is 0. The van der Waals surface area contributed by atoms with Gasteiger partial charge in [-0.25, -0.2) is 4.39 Å². The number of benzene rings is 1. The van der Waals surface area contributed by atoms with Gasteiger partial charge in [-0.3, -0.25) is 4.79 Å². The van der Waals surface area contributed by atoms with Gasteiger partial charge in [-0.05, 0) is 18.4 Å². The van der Waals surface area contributed by atoms with Crippen molar-refractivity contribution in [1.29, 1.82) is 0 Å². The van der Waals surface area contributed by atoms with Crippen molar-refractivity contribution in [3.8, 4) is 0 Å². The molecular formula is C21H31FO. The number of halogens is 1. The van der Waals surface area contributed by atoms with E-state index in [0.717, 1.165) is 31.2 Å². The Bertz CT molecular complexity index is 510. The highest BCUT2D eigenvalue weighted by Crippen LogP contribution is 2.27. The third-order valence-corrected chi connectivity index (χ3v) is 4.21. The van der Waals surface area contributed by atoms with Gasteiger partial charge in [-0.2, -0.15) is 0 Å². The first-order chi connectivity index (χ1) is 10.7. The second kappa shape index (κ2) is 8.42. The van der Waals surface area contributed by atoms with Crippen molar-refractivity contribution >= 4 is 5.78 Å². The Kier molecular flexibility index (Phi) is 7.18. The normalized spacial score (nSPS) is 14.3. The van der Waals surface area contributed by atoms with Crippen LogP contribution in [0.3, 0.4) is 0 Å². The minimum atomic E-state index is -1.36. The molecule has 0 saturated heterocycles. The predicted octanol–water partition coefficient (Wildman–Crippen LogP) is 6.32. The van der Waals surface area contributed by atoms with Gasteiger partial charge in [0, 0.05) is 17.4 Å². The average molecular weight is 318 g/mol. The van der Waals surface area contributed by atoms with Crippen molar-refractivity contribution in [3.05, 3.63) is 48.0 Å². The van der Waals surface area contributed by atoms with Gasteiger partial charge in [0.2, 0.25) is 0 Å². The summed E-state index contributed by atoms with van der Waals surface area (Å²) in [7, 11) is 0. The number of rotatable bonds is 9. The molecule has 2 heteroatoms. The molecule has 1 aromatic carbocycles. The van der Waals surface area contributed by atoms with E-state index >= 15 is 0 Å². The number of ketones is 1. The quantitative estimate of drug-likeness (QED) is 0.296. The van der Waals surface area contributed by atoms with E-state index in [-0.39, 0.29) is 5.78 Å². The number of carbonyl (C=O) groups excluding carboxylic acids is 1. The summed E-state index contributed by atoms with van der Waals surface area (Å²) in [6.45, 7) is 11.5. The van der Waals surface area contributed by atoms with Crippen LogP contribution in [0.2, 0.25) is 0 Å². The zero-order chi connectivity index (χ0) is 17.5. The van der Waals surface area contributed by atoms with Crippen LogP contribution >= 0.6 is 0 Å². The van der Waals surface area contributed by atoms with Crippen LogP contribution in [0.5, 0.6) is 0 Å². The highest BCUT2D eigenvalue weighted by atomic mass is 19.1. The Morgan fingerprint density at radius 2 is 1.74 bits per heavy atom. The highest BCUT2D eigenvalue weighted by molar-refractivity contribution is 5.99. The molecule has 0 bridgehead atoms. The fourth-order valence-corrected chi connectivity index (χ4v) is 2.65. The highest BCUT2D eigenvalue weighted by Gasteiger charge is 2.26. The Hall–Kier alpha value is -1.44. The molecule has 128 valence electrons. The number of carbonyl (C=O) groups is 1. The van der Waals surface area contributed by atoms with Crippen molar-refractivity contribution in [2.45, 2.75) is 71.9 Å². The number of hydrogen-bond donors (Lipinski definition) is 0. The smallest absolute Gasteiger partial charge is 0.168 e. The third kappa shape index (κ3) is 6.29. The molecule has 1 unspecified atom stereocenters. The van der Waals surface area contributed by atoms with Crippen LogP contribution in [0.25, 0.3) is 0 Å². The third-order valence-electron chi connectivity index (χ3n) is 4.21. The van der Waals surface area contributed by atoms with E-state index in [0.29, 0.717) is 18.4 Å². The van der Waals surface area contributed by atoms with Crippen molar-refractivity contribution in [1.82, 2.24) is 0 Å².